The van der Waals surface area contributed by atoms with E-state index in [1.54, 1.807) is 12.7 Å². The summed E-state index contributed by atoms with van der Waals surface area (Å²) < 4.78 is 5.92. The Morgan fingerprint density at radius 1 is 1.21 bits per heavy atom. The number of imidazole rings is 1. The molecule has 2 fully saturated rings. The van der Waals surface area contributed by atoms with E-state index in [4.69, 9.17) is 4.74 Å². The first-order chi connectivity index (χ1) is 9.43. The predicted octanol–water partition coefficient (Wildman–Crippen LogP) is 1.50. The van der Waals surface area contributed by atoms with E-state index < -0.39 is 0 Å². The van der Waals surface area contributed by atoms with Crippen molar-refractivity contribution in [1.82, 2.24) is 19.9 Å². The van der Waals surface area contributed by atoms with Gasteiger partial charge in [0.15, 0.2) is 11.5 Å². The molecule has 1 saturated heterocycles. The monoisotopic (exact) mass is 259 g/mol. The van der Waals surface area contributed by atoms with Gasteiger partial charge in [-0.2, -0.15) is 0 Å². The number of fused-ring (bicyclic) bond motifs is 2. The Morgan fingerprint density at radius 3 is 3.16 bits per heavy atom. The summed E-state index contributed by atoms with van der Waals surface area (Å²) in [4.78, 5) is 18.4. The molecule has 100 valence electrons. The topological polar surface area (TPSA) is 66.9 Å². The van der Waals surface area contributed by atoms with Gasteiger partial charge in [-0.05, 0) is 12.8 Å². The molecule has 0 bridgehead atoms. The molecule has 1 saturated carbocycles. The van der Waals surface area contributed by atoms with Gasteiger partial charge in [-0.25, -0.2) is 15.0 Å². The molecule has 0 aromatic carbocycles. The Labute approximate surface area is 111 Å². The number of rotatable bonds is 1. The van der Waals surface area contributed by atoms with E-state index in [0.29, 0.717) is 12.1 Å². The molecule has 2 aromatic heterocycles. The van der Waals surface area contributed by atoms with Crippen molar-refractivity contribution in [1.29, 1.82) is 0 Å². The maximum absolute atomic E-state index is 5.92. The summed E-state index contributed by atoms with van der Waals surface area (Å²) in [5.74, 6) is 0.975. The van der Waals surface area contributed by atoms with Crippen LogP contribution in [0.1, 0.15) is 25.7 Å². The van der Waals surface area contributed by atoms with Gasteiger partial charge >= 0.3 is 0 Å². The number of morpholine rings is 1. The first-order valence-corrected chi connectivity index (χ1v) is 6.96. The highest BCUT2D eigenvalue weighted by atomic mass is 16.5. The van der Waals surface area contributed by atoms with Gasteiger partial charge in [0.05, 0.1) is 25.1 Å². The summed E-state index contributed by atoms with van der Waals surface area (Å²) >= 11 is 0. The number of aromatic amines is 1. The average molecular weight is 259 g/mol. The molecule has 0 radical (unpaired) electrons. The largest absolute Gasteiger partial charge is 0.374 e. The summed E-state index contributed by atoms with van der Waals surface area (Å²) in [5, 5.41) is 0. The summed E-state index contributed by atoms with van der Waals surface area (Å²) in [7, 11) is 0. The van der Waals surface area contributed by atoms with E-state index in [9.17, 15) is 0 Å². The maximum atomic E-state index is 5.92. The Bertz CT molecular complexity index is 581. The summed E-state index contributed by atoms with van der Waals surface area (Å²) in [6.07, 6.45) is 8.54. The van der Waals surface area contributed by atoms with Crippen molar-refractivity contribution in [2.24, 2.45) is 0 Å². The zero-order valence-corrected chi connectivity index (χ0v) is 10.7. The lowest BCUT2D eigenvalue weighted by Gasteiger charge is -2.44. The highest BCUT2D eigenvalue weighted by Crippen LogP contribution is 2.32. The van der Waals surface area contributed by atoms with Crippen molar-refractivity contribution < 1.29 is 4.74 Å². The van der Waals surface area contributed by atoms with Crippen molar-refractivity contribution in [2.45, 2.75) is 37.8 Å². The van der Waals surface area contributed by atoms with Crippen molar-refractivity contribution in [3.8, 4) is 0 Å². The fourth-order valence-corrected chi connectivity index (χ4v) is 3.33. The fourth-order valence-electron chi connectivity index (χ4n) is 3.33. The molecule has 2 aliphatic rings. The number of nitrogens with one attached hydrogen (secondary N) is 1. The van der Waals surface area contributed by atoms with Crippen LogP contribution in [0.5, 0.6) is 0 Å². The molecular weight excluding hydrogens is 242 g/mol. The zero-order valence-electron chi connectivity index (χ0n) is 10.7. The minimum absolute atomic E-state index is 0.357. The quantitative estimate of drug-likeness (QED) is 0.840. The Kier molecular flexibility index (Phi) is 2.61. The lowest BCUT2D eigenvalue weighted by Crippen LogP contribution is -2.53. The van der Waals surface area contributed by atoms with E-state index >= 15 is 0 Å². The van der Waals surface area contributed by atoms with E-state index in [1.807, 2.05) is 0 Å². The van der Waals surface area contributed by atoms with Crippen LogP contribution in [0, 0.1) is 0 Å². The van der Waals surface area contributed by atoms with Crippen molar-refractivity contribution >= 4 is 17.0 Å². The highest BCUT2D eigenvalue weighted by molar-refractivity contribution is 5.82. The van der Waals surface area contributed by atoms with Crippen LogP contribution in [-0.2, 0) is 4.74 Å². The number of ether oxygens (including phenoxy) is 1. The zero-order chi connectivity index (χ0) is 12.7. The van der Waals surface area contributed by atoms with Crippen molar-refractivity contribution in [2.75, 3.05) is 18.1 Å². The van der Waals surface area contributed by atoms with Crippen LogP contribution in [0.15, 0.2) is 12.7 Å². The molecule has 2 atom stereocenters. The van der Waals surface area contributed by atoms with E-state index in [2.05, 4.69) is 24.8 Å². The van der Waals surface area contributed by atoms with E-state index in [0.717, 1.165) is 30.1 Å². The molecule has 2 aromatic rings. The third kappa shape index (κ3) is 1.78. The molecule has 1 N–H and O–H groups in total. The van der Waals surface area contributed by atoms with Gasteiger partial charge < -0.3 is 14.6 Å². The van der Waals surface area contributed by atoms with Crippen LogP contribution < -0.4 is 4.90 Å². The number of hydrogen-bond donors (Lipinski definition) is 1. The molecular formula is C13H17N5O. The molecule has 1 aliphatic carbocycles. The Balaban J connectivity index is 1.75. The van der Waals surface area contributed by atoms with Crippen LogP contribution in [0.2, 0.25) is 0 Å². The molecule has 6 nitrogen and oxygen atoms in total. The molecule has 1 aliphatic heterocycles. The SMILES string of the molecule is c1nc(N2CCO[C@H]3CCCC[C@H]32)c2[nH]cnc2n1. The molecule has 0 amide bonds. The summed E-state index contributed by atoms with van der Waals surface area (Å²) in [5.41, 5.74) is 1.68. The fraction of sp³-hybridized carbons (Fsp3) is 0.615. The van der Waals surface area contributed by atoms with Gasteiger partial charge in [0.1, 0.15) is 11.8 Å². The first-order valence-electron chi connectivity index (χ1n) is 6.96. The average Bonchev–Trinajstić information content (AvgIpc) is 2.95. The third-order valence-corrected chi connectivity index (χ3v) is 4.21. The standard InChI is InChI=1S/C13H17N5O/c1-2-4-10-9(3-1)18(5-6-19-10)13-11-12(15-7-14-11)16-8-17-13/h7-10H,1-6H2,(H,14,15,16,17)/t9-,10+/m1/s1. The predicted molar refractivity (Wildman–Crippen MR) is 71.0 cm³/mol. The Hall–Kier alpha value is -1.69. The lowest BCUT2D eigenvalue weighted by molar-refractivity contribution is -0.00888. The summed E-state index contributed by atoms with van der Waals surface area (Å²) in [6.45, 7) is 1.67. The second-order valence-electron chi connectivity index (χ2n) is 5.25. The number of H-pyrrole nitrogens is 1. The van der Waals surface area contributed by atoms with Gasteiger partial charge in [0, 0.05) is 6.54 Å². The molecule has 19 heavy (non-hydrogen) atoms. The maximum Gasteiger partial charge on any atom is 0.182 e. The van der Waals surface area contributed by atoms with Crippen LogP contribution >= 0.6 is 0 Å². The van der Waals surface area contributed by atoms with Crippen LogP contribution in [0.25, 0.3) is 11.2 Å². The molecule has 3 heterocycles. The van der Waals surface area contributed by atoms with Gasteiger partial charge in [0.25, 0.3) is 0 Å². The van der Waals surface area contributed by atoms with Gasteiger partial charge in [-0.1, -0.05) is 12.8 Å². The number of hydrogen-bond acceptors (Lipinski definition) is 5. The minimum atomic E-state index is 0.357. The minimum Gasteiger partial charge on any atom is -0.374 e. The highest BCUT2D eigenvalue weighted by Gasteiger charge is 2.35. The first kappa shape index (κ1) is 11.2. The van der Waals surface area contributed by atoms with Crippen LogP contribution in [0.3, 0.4) is 0 Å². The van der Waals surface area contributed by atoms with E-state index in [-0.39, 0.29) is 0 Å². The number of anilines is 1. The van der Waals surface area contributed by atoms with Crippen LogP contribution in [0.4, 0.5) is 5.82 Å². The van der Waals surface area contributed by atoms with E-state index in [1.165, 1.54) is 25.7 Å². The second-order valence-corrected chi connectivity index (χ2v) is 5.25. The molecule has 0 unspecified atom stereocenters. The van der Waals surface area contributed by atoms with Crippen molar-refractivity contribution in [3.63, 3.8) is 0 Å². The Morgan fingerprint density at radius 2 is 2.16 bits per heavy atom. The van der Waals surface area contributed by atoms with Crippen molar-refractivity contribution in [3.05, 3.63) is 12.7 Å². The number of aromatic nitrogens is 4. The van der Waals surface area contributed by atoms with Crippen LogP contribution in [-0.4, -0.2) is 45.2 Å². The third-order valence-electron chi connectivity index (χ3n) is 4.21. The molecule has 6 heteroatoms. The molecule has 4 rings (SSSR count). The van der Waals surface area contributed by atoms with Gasteiger partial charge in [-0.15, -0.1) is 0 Å². The normalized spacial score (nSPS) is 27.5. The van der Waals surface area contributed by atoms with Gasteiger partial charge in [-0.3, -0.25) is 0 Å². The number of nitrogens with zero attached hydrogens (tertiary/aromatic N) is 4. The van der Waals surface area contributed by atoms with Gasteiger partial charge in [0.2, 0.25) is 0 Å². The second kappa shape index (κ2) is 4.45. The molecule has 0 spiro atoms. The summed E-state index contributed by atoms with van der Waals surface area (Å²) in [6, 6.07) is 0.448. The lowest BCUT2D eigenvalue weighted by atomic mass is 9.90. The smallest absolute Gasteiger partial charge is 0.182 e.